The summed E-state index contributed by atoms with van der Waals surface area (Å²) in [6.45, 7) is 5.95. The maximum absolute atomic E-state index is 13.1. The van der Waals surface area contributed by atoms with E-state index in [4.69, 9.17) is 5.73 Å². The van der Waals surface area contributed by atoms with Crippen LogP contribution in [0.2, 0.25) is 0 Å². The minimum Gasteiger partial charge on any atom is -0.371 e. The third-order valence-corrected chi connectivity index (χ3v) is 4.81. The second-order valence-electron chi connectivity index (χ2n) is 6.19. The molecule has 1 saturated heterocycles. The minimum atomic E-state index is -4.35. The van der Waals surface area contributed by atoms with Crippen LogP contribution in [0.5, 0.6) is 0 Å². The SMILES string of the molecule is CCC1(C)CCN(c2ccc(CN)c(C(F)(F)F)c2)CC1. The highest BCUT2D eigenvalue weighted by molar-refractivity contribution is 5.52. The molecule has 5 heteroatoms. The summed E-state index contributed by atoms with van der Waals surface area (Å²) in [5.41, 5.74) is 5.94. The Bertz CT molecular complexity index is 489. The molecule has 1 fully saturated rings. The first-order chi connectivity index (χ1) is 9.79. The fourth-order valence-corrected chi connectivity index (χ4v) is 2.86. The van der Waals surface area contributed by atoms with Gasteiger partial charge in [-0.05, 0) is 36.0 Å². The summed E-state index contributed by atoms with van der Waals surface area (Å²) in [6, 6.07) is 4.51. The van der Waals surface area contributed by atoms with E-state index in [2.05, 4.69) is 13.8 Å². The van der Waals surface area contributed by atoms with E-state index in [1.54, 1.807) is 6.07 Å². The van der Waals surface area contributed by atoms with Gasteiger partial charge in [0.15, 0.2) is 0 Å². The fraction of sp³-hybridized carbons (Fsp3) is 0.625. The van der Waals surface area contributed by atoms with Crippen molar-refractivity contribution < 1.29 is 13.2 Å². The topological polar surface area (TPSA) is 29.3 Å². The van der Waals surface area contributed by atoms with Crippen molar-refractivity contribution in [3.05, 3.63) is 29.3 Å². The Morgan fingerprint density at radius 1 is 1.24 bits per heavy atom. The Labute approximate surface area is 124 Å². The standard InChI is InChI=1S/C16H23F3N2/c1-3-15(2)6-8-21(9-7-15)13-5-4-12(11-20)14(10-13)16(17,18)19/h4-5,10H,3,6-9,11,20H2,1-2H3. The summed E-state index contributed by atoms with van der Waals surface area (Å²) >= 11 is 0. The highest BCUT2D eigenvalue weighted by atomic mass is 19.4. The third-order valence-electron chi connectivity index (χ3n) is 4.81. The maximum atomic E-state index is 13.1. The van der Waals surface area contributed by atoms with Crippen molar-refractivity contribution >= 4 is 5.69 Å². The summed E-state index contributed by atoms with van der Waals surface area (Å²) in [5, 5.41) is 0. The summed E-state index contributed by atoms with van der Waals surface area (Å²) in [7, 11) is 0. The molecule has 2 nitrogen and oxygen atoms in total. The van der Waals surface area contributed by atoms with E-state index in [0.717, 1.165) is 32.4 Å². The van der Waals surface area contributed by atoms with Gasteiger partial charge in [-0.15, -0.1) is 0 Å². The second-order valence-corrected chi connectivity index (χ2v) is 6.19. The van der Waals surface area contributed by atoms with Crippen LogP contribution >= 0.6 is 0 Å². The molecular formula is C16H23F3N2. The predicted molar refractivity (Wildman–Crippen MR) is 79.2 cm³/mol. The van der Waals surface area contributed by atoms with Crippen LogP contribution in [-0.2, 0) is 12.7 Å². The summed E-state index contributed by atoms with van der Waals surface area (Å²) in [5.74, 6) is 0. The molecule has 1 aromatic rings. The van der Waals surface area contributed by atoms with E-state index in [-0.39, 0.29) is 12.1 Å². The molecule has 2 N–H and O–H groups in total. The molecule has 0 amide bonds. The number of rotatable bonds is 3. The van der Waals surface area contributed by atoms with Crippen molar-refractivity contribution in [2.45, 2.75) is 45.8 Å². The number of hydrogen-bond acceptors (Lipinski definition) is 2. The Morgan fingerprint density at radius 2 is 1.86 bits per heavy atom. The van der Waals surface area contributed by atoms with Crippen molar-refractivity contribution in [1.29, 1.82) is 0 Å². The smallest absolute Gasteiger partial charge is 0.371 e. The minimum absolute atomic E-state index is 0.0942. The highest BCUT2D eigenvalue weighted by Gasteiger charge is 2.34. The lowest BCUT2D eigenvalue weighted by Crippen LogP contribution is -2.38. The van der Waals surface area contributed by atoms with E-state index in [0.29, 0.717) is 11.1 Å². The molecule has 0 aromatic heterocycles. The number of anilines is 1. The van der Waals surface area contributed by atoms with E-state index < -0.39 is 11.7 Å². The molecule has 2 rings (SSSR count). The molecule has 1 aromatic carbocycles. The number of alkyl halides is 3. The predicted octanol–water partition coefficient (Wildman–Crippen LogP) is 4.18. The highest BCUT2D eigenvalue weighted by Crippen LogP contribution is 2.38. The lowest BCUT2D eigenvalue weighted by Gasteiger charge is -2.40. The van der Waals surface area contributed by atoms with Gasteiger partial charge in [-0.2, -0.15) is 13.2 Å². The second kappa shape index (κ2) is 5.87. The van der Waals surface area contributed by atoms with Crippen LogP contribution < -0.4 is 10.6 Å². The number of nitrogens with two attached hydrogens (primary N) is 1. The lowest BCUT2D eigenvalue weighted by atomic mass is 9.78. The zero-order valence-corrected chi connectivity index (χ0v) is 12.6. The van der Waals surface area contributed by atoms with Crippen LogP contribution in [0.25, 0.3) is 0 Å². The largest absolute Gasteiger partial charge is 0.416 e. The van der Waals surface area contributed by atoms with Gasteiger partial charge in [-0.25, -0.2) is 0 Å². The molecular weight excluding hydrogens is 277 g/mol. The van der Waals surface area contributed by atoms with Gasteiger partial charge in [-0.3, -0.25) is 0 Å². The molecule has 0 radical (unpaired) electrons. The molecule has 0 atom stereocenters. The average Bonchev–Trinajstić information content (AvgIpc) is 2.46. The molecule has 0 aliphatic carbocycles. The molecule has 0 saturated carbocycles. The van der Waals surface area contributed by atoms with Gasteiger partial charge in [0.2, 0.25) is 0 Å². The number of piperidine rings is 1. The van der Waals surface area contributed by atoms with E-state index in [9.17, 15) is 13.2 Å². The van der Waals surface area contributed by atoms with Crippen LogP contribution in [0.3, 0.4) is 0 Å². The van der Waals surface area contributed by atoms with Gasteiger partial charge in [0.1, 0.15) is 0 Å². The van der Waals surface area contributed by atoms with E-state index >= 15 is 0 Å². The van der Waals surface area contributed by atoms with Gasteiger partial charge >= 0.3 is 6.18 Å². The summed E-state index contributed by atoms with van der Waals surface area (Å²) in [4.78, 5) is 2.05. The van der Waals surface area contributed by atoms with Crippen molar-refractivity contribution in [3.63, 3.8) is 0 Å². The molecule has 0 unspecified atom stereocenters. The molecule has 118 valence electrons. The van der Waals surface area contributed by atoms with Crippen LogP contribution in [-0.4, -0.2) is 13.1 Å². The lowest BCUT2D eigenvalue weighted by molar-refractivity contribution is -0.138. The first-order valence-corrected chi connectivity index (χ1v) is 7.44. The monoisotopic (exact) mass is 300 g/mol. The number of nitrogens with zero attached hydrogens (tertiary/aromatic N) is 1. The van der Waals surface area contributed by atoms with Gasteiger partial charge < -0.3 is 10.6 Å². The van der Waals surface area contributed by atoms with E-state index in [1.165, 1.54) is 12.1 Å². The molecule has 0 bridgehead atoms. The quantitative estimate of drug-likeness (QED) is 0.907. The summed E-state index contributed by atoms with van der Waals surface area (Å²) in [6.07, 6.45) is -1.20. The molecule has 21 heavy (non-hydrogen) atoms. The van der Waals surface area contributed by atoms with Gasteiger partial charge in [0, 0.05) is 25.3 Å². The van der Waals surface area contributed by atoms with Gasteiger partial charge in [-0.1, -0.05) is 26.3 Å². The molecule has 1 aliphatic heterocycles. The number of hydrogen-bond donors (Lipinski definition) is 1. The first kappa shape index (κ1) is 16.1. The molecule has 1 heterocycles. The van der Waals surface area contributed by atoms with Gasteiger partial charge in [0.25, 0.3) is 0 Å². The van der Waals surface area contributed by atoms with Crippen molar-refractivity contribution in [3.8, 4) is 0 Å². The number of benzene rings is 1. The Hall–Kier alpha value is -1.23. The van der Waals surface area contributed by atoms with Crippen LogP contribution in [0.1, 0.15) is 44.2 Å². The van der Waals surface area contributed by atoms with Crippen LogP contribution in [0.15, 0.2) is 18.2 Å². The summed E-state index contributed by atoms with van der Waals surface area (Å²) < 4.78 is 39.3. The van der Waals surface area contributed by atoms with Crippen molar-refractivity contribution in [1.82, 2.24) is 0 Å². The van der Waals surface area contributed by atoms with Gasteiger partial charge in [0.05, 0.1) is 5.56 Å². The van der Waals surface area contributed by atoms with Crippen molar-refractivity contribution in [2.24, 2.45) is 11.1 Å². The van der Waals surface area contributed by atoms with E-state index in [1.807, 2.05) is 4.90 Å². The Balaban J connectivity index is 2.22. The normalized spacial score (nSPS) is 18.9. The Morgan fingerprint density at radius 3 is 2.33 bits per heavy atom. The number of halogens is 3. The first-order valence-electron chi connectivity index (χ1n) is 7.44. The van der Waals surface area contributed by atoms with Crippen molar-refractivity contribution in [2.75, 3.05) is 18.0 Å². The van der Waals surface area contributed by atoms with Crippen LogP contribution in [0, 0.1) is 5.41 Å². The maximum Gasteiger partial charge on any atom is 0.416 e. The van der Waals surface area contributed by atoms with Crippen LogP contribution in [0.4, 0.5) is 18.9 Å². The average molecular weight is 300 g/mol. The molecule has 1 aliphatic rings. The third kappa shape index (κ3) is 3.51. The molecule has 0 spiro atoms. The zero-order chi connectivity index (χ0) is 15.7. The Kier molecular flexibility index (Phi) is 4.51. The zero-order valence-electron chi connectivity index (χ0n) is 12.6. The fourth-order valence-electron chi connectivity index (χ4n) is 2.86.